The summed E-state index contributed by atoms with van der Waals surface area (Å²) in [7, 11) is 0. The quantitative estimate of drug-likeness (QED) is 0.773. The van der Waals surface area contributed by atoms with Gasteiger partial charge in [-0.25, -0.2) is 0 Å². The first kappa shape index (κ1) is 11.5. The summed E-state index contributed by atoms with van der Waals surface area (Å²) in [5.41, 5.74) is 12.1. The molecule has 0 bridgehead atoms. The van der Waals surface area contributed by atoms with Crippen molar-refractivity contribution in [3.8, 4) is 0 Å². The second-order valence-corrected chi connectivity index (χ2v) is 3.96. The van der Waals surface area contributed by atoms with E-state index in [4.69, 9.17) is 23.1 Å². The zero-order valence-corrected chi connectivity index (χ0v) is 9.78. The molecule has 6 heteroatoms. The summed E-state index contributed by atoms with van der Waals surface area (Å²) in [6.07, 6.45) is 0. The maximum atomic E-state index is 5.88. The number of aromatic nitrogens is 2. The maximum absolute atomic E-state index is 5.88. The Kier molecular flexibility index (Phi) is 3.30. The van der Waals surface area contributed by atoms with E-state index in [1.165, 1.54) is 0 Å². The van der Waals surface area contributed by atoms with Crippen LogP contribution in [0.1, 0.15) is 5.56 Å². The summed E-state index contributed by atoms with van der Waals surface area (Å²) in [4.78, 5) is 7.80. The number of halogens is 1. The molecule has 2 rings (SSSR count). The number of nitrogens with one attached hydrogen (secondary N) is 1. The van der Waals surface area contributed by atoms with Gasteiger partial charge in [-0.15, -0.1) is 0 Å². The largest absolute Gasteiger partial charge is 0.383 e. The van der Waals surface area contributed by atoms with Crippen LogP contribution in [0.15, 0.2) is 30.3 Å². The molecule has 1 aromatic carbocycles. The van der Waals surface area contributed by atoms with E-state index in [-0.39, 0.29) is 5.95 Å². The van der Waals surface area contributed by atoms with Crippen molar-refractivity contribution in [1.82, 2.24) is 9.97 Å². The Labute approximate surface area is 104 Å². The molecule has 0 amide bonds. The first-order valence-electron chi connectivity index (χ1n) is 5.02. The van der Waals surface area contributed by atoms with Gasteiger partial charge >= 0.3 is 0 Å². The Morgan fingerprint density at radius 2 is 2.00 bits per heavy atom. The highest BCUT2D eigenvalue weighted by Gasteiger charge is 2.00. The highest BCUT2D eigenvalue weighted by atomic mass is 35.5. The lowest BCUT2D eigenvalue weighted by Crippen LogP contribution is -2.06. The number of nitrogens with two attached hydrogens (primary N) is 2. The molecule has 1 aromatic heterocycles. The van der Waals surface area contributed by atoms with Gasteiger partial charge in [-0.3, -0.25) is 0 Å². The van der Waals surface area contributed by atoms with Gasteiger partial charge in [0.15, 0.2) is 0 Å². The summed E-state index contributed by atoms with van der Waals surface area (Å²) in [6.45, 7) is 0.594. The van der Waals surface area contributed by atoms with Gasteiger partial charge in [0, 0.05) is 17.6 Å². The molecule has 5 N–H and O–H groups in total. The van der Waals surface area contributed by atoms with Gasteiger partial charge in [0.2, 0.25) is 5.95 Å². The van der Waals surface area contributed by atoms with Gasteiger partial charge in [0.25, 0.3) is 0 Å². The lowest BCUT2D eigenvalue weighted by atomic mass is 10.2. The van der Waals surface area contributed by atoms with Crippen LogP contribution in [0, 0.1) is 0 Å². The summed E-state index contributed by atoms with van der Waals surface area (Å²) in [6, 6.07) is 9.18. The first-order chi connectivity index (χ1) is 8.13. The molecule has 2 aromatic rings. The van der Waals surface area contributed by atoms with Crippen molar-refractivity contribution in [3.05, 3.63) is 40.9 Å². The molecule has 0 aliphatic rings. The Morgan fingerprint density at radius 3 is 2.71 bits per heavy atom. The summed E-state index contributed by atoms with van der Waals surface area (Å²) >= 11 is 5.88. The molecule has 0 aliphatic heterocycles. The Bertz CT molecular complexity index is 509. The van der Waals surface area contributed by atoms with E-state index in [2.05, 4.69) is 15.3 Å². The molecule has 1 heterocycles. The van der Waals surface area contributed by atoms with E-state index in [9.17, 15) is 0 Å². The minimum Gasteiger partial charge on any atom is -0.383 e. The van der Waals surface area contributed by atoms with Gasteiger partial charge in [0.1, 0.15) is 11.6 Å². The van der Waals surface area contributed by atoms with E-state index >= 15 is 0 Å². The van der Waals surface area contributed by atoms with Gasteiger partial charge in [-0.1, -0.05) is 23.7 Å². The normalized spacial score (nSPS) is 10.2. The summed E-state index contributed by atoms with van der Waals surface area (Å²) in [5, 5.41) is 3.80. The standard InChI is InChI=1S/C11H12ClN5/c12-8-3-1-2-7(4-8)6-15-10-5-9(13)16-11(14)17-10/h1-5H,6H2,(H5,13,14,15,16,17). The van der Waals surface area contributed by atoms with Gasteiger partial charge in [-0.05, 0) is 17.7 Å². The van der Waals surface area contributed by atoms with E-state index in [0.29, 0.717) is 23.2 Å². The minimum atomic E-state index is 0.151. The highest BCUT2D eigenvalue weighted by molar-refractivity contribution is 6.30. The number of anilines is 3. The molecule has 0 radical (unpaired) electrons. The Balaban J connectivity index is 2.07. The molecule has 88 valence electrons. The minimum absolute atomic E-state index is 0.151. The smallest absolute Gasteiger partial charge is 0.223 e. The number of nitrogens with zero attached hydrogens (tertiary/aromatic N) is 2. The van der Waals surface area contributed by atoms with E-state index < -0.39 is 0 Å². The van der Waals surface area contributed by atoms with Crippen molar-refractivity contribution in [1.29, 1.82) is 0 Å². The lowest BCUT2D eigenvalue weighted by molar-refractivity contribution is 1.09. The summed E-state index contributed by atoms with van der Waals surface area (Å²) < 4.78 is 0. The van der Waals surface area contributed by atoms with Crippen LogP contribution < -0.4 is 16.8 Å². The van der Waals surface area contributed by atoms with Crippen LogP contribution in [0.3, 0.4) is 0 Å². The van der Waals surface area contributed by atoms with Crippen molar-refractivity contribution in [3.63, 3.8) is 0 Å². The molecule has 0 unspecified atom stereocenters. The highest BCUT2D eigenvalue weighted by Crippen LogP contribution is 2.13. The van der Waals surface area contributed by atoms with Crippen molar-refractivity contribution >= 4 is 29.2 Å². The fraction of sp³-hybridized carbons (Fsp3) is 0.0909. The molecular formula is C11H12ClN5. The van der Waals surface area contributed by atoms with Crippen LogP contribution in [-0.2, 0) is 6.54 Å². The molecule has 0 saturated heterocycles. The number of nitrogen functional groups attached to an aromatic ring is 2. The second kappa shape index (κ2) is 4.88. The Hall–Kier alpha value is -2.01. The zero-order valence-electron chi connectivity index (χ0n) is 9.02. The van der Waals surface area contributed by atoms with Gasteiger partial charge < -0.3 is 16.8 Å². The third-order valence-corrected chi connectivity index (χ3v) is 2.36. The van der Waals surface area contributed by atoms with Crippen LogP contribution in [0.5, 0.6) is 0 Å². The van der Waals surface area contributed by atoms with E-state index in [1.807, 2.05) is 24.3 Å². The van der Waals surface area contributed by atoms with E-state index in [0.717, 1.165) is 5.56 Å². The number of rotatable bonds is 3. The molecule has 5 nitrogen and oxygen atoms in total. The third-order valence-electron chi connectivity index (χ3n) is 2.13. The molecule has 0 saturated carbocycles. The SMILES string of the molecule is Nc1cc(NCc2cccc(Cl)c2)nc(N)n1. The molecule has 17 heavy (non-hydrogen) atoms. The summed E-state index contributed by atoms with van der Waals surface area (Å²) in [5.74, 6) is 1.08. The fourth-order valence-corrected chi connectivity index (χ4v) is 1.63. The topological polar surface area (TPSA) is 89.8 Å². The van der Waals surface area contributed by atoms with E-state index in [1.54, 1.807) is 6.07 Å². The van der Waals surface area contributed by atoms with Gasteiger partial charge in [0.05, 0.1) is 0 Å². The molecule has 0 atom stereocenters. The predicted octanol–water partition coefficient (Wildman–Crippen LogP) is 1.91. The average Bonchev–Trinajstić information content (AvgIpc) is 2.25. The molecule has 0 fully saturated rings. The monoisotopic (exact) mass is 249 g/mol. The lowest BCUT2D eigenvalue weighted by Gasteiger charge is -2.07. The van der Waals surface area contributed by atoms with Gasteiger partial charge in [-0.2, -0.15) is 9.97 Å². The van der Waals surface area contributed by atoms with Crippen LogP contribution in [-0.4, -0.2) is 9.97 Å². The van der Waals surface area contributed by atoms with Crippen molar-refractivity contribution in [2.45, 2.75) is 6.54 Å². The zero-order chi connectivity index (χ0) is 12.3. The van der Waals surface area contributed by atoms with Crippen LogP contribution >= 0.6 is 11.6 Å². The van der Waals surface area contributed by atoms with Crippen LogP contribution in [0.25, 0.3) is 0 Å². The van der Waals surface area contributed by atoms with Crippen LogP contribution in [0.4, 0.5) is 17.6 Å². The average molecular weight is 250 g/mol. The number of hydrogen-bond donors (Lipinski definition) is 3. The third kappa shape index (κ3) is 3.22. The van der Waals surface area contributed by atoms with Crippen molar-refractivity contribution < 1.29 is 0 Å². The predicted molar refractivity (Wildman–Crippen MR) is 69.6 cm³/mol. The van der Waals surface area contributed by atoms with Crippen molar-refractivity contribution in [2.75, 3.05) is 16.8 Å². The van der Waals surface area contributed by atoms with Crippen LogP contribution in [0.2, 0.25) is 5.02 Å². The fourth-order valence-electron chi connectivity index (χ4n) is 1.42. The first-order valence-corrected chi connectivity index (χ1v) is 5.39. The Morgan fingerprint density at radius 1 is 1.18 bits per heavy atom. The second-order valence-electron chi connectivity index (χ2n) is 3.52. The maximum Gasteiger partial charge on any atom is 0.223 e. The number of hydrogen-bond acceptors (Lipinski definition) is 5. The molecule has 0 aliphatic carbocycles. The molecule has 0 spiro atoms. The molecular weight excluding hydrogens is 238 g/mol. The van der Waals surface area contributed by atoms with Crippen molar-refractivity contribution in [2.24, 2.45) is 0 Å². The number of benzene rings is 1.